The number of hydrogen-bond donors (Lipinski definition) is 2. The maximum atomic E-state index is 13.0. The first-order valence-electron chi connectivity index (χ1n) is 11.2. The zero-order valence-electron chi connectivity index (χ0n) is 19.7. The van der Waals surface area contributed by atoms with Crippen LogP contribution in [0.15, 0.2) is 48.5 Å². The van der Waals surface area contributed by atoms with Gasteiger partial charge in [-0.15, -0.1) is 12.4 Å². The third-order valence-corrected chi connectivity index (χ3v) is 5.91. The summed E-state index contributed by atoms with van der Waals surface area (Å²) in [4.78, 5) is 29.0. The monoisotopic (exact) mass is 482 g/mol. The van der Waals surface area contributed by atoms with E-state index in [0.717, 1.165) is 22.2 Å². The van der Waals surface area contributed by atoms with Gasteiger partial charge in [-0.3, -0.25) is 14.7 Å². The predicted molar refractivity (Wildman–Crippen MR) is 137 cm³/mol. The van der Waals surface area contributed by atoms with Gasteiger partial charge in [-0.05, 0) is 50.6 Å². The number of piperazine rings is 1. The van der Waals surface area contributed by atoms with E-state index in [-0.39, 0.29) is 36.7 Å². The van der Waals surface area contributed by atoms with Crippen molar-refractivity contribution in [1.29, 1.82) is 0 Å². The van der Waals surface area contributed by atoms with Crippen LogP contribution in [0.5, 0.6) is 0 Å². The Bertz CT molecular complexity index is 1180. The quantitative estimate of drug-likeness (QED) is 0.575. The van der Waals surface area contributed by atoms with Crippen molar-refractivity contribution in [3.63, 3.8) is 0 Å². The van der Waals surface area contributed by atoms with E-state index in [1.165, 1.54) is 0 Å². The SMILES string of the molecule is C[C@H]1CN(C(=O)c2ccc(/C=C/c3n[nH]c4ccccc34)cc2)CCN1C(=O)CC(C)(C)O.Cl. The van der Waals surface area contributed by atoms with Gasteiger partial charge >= 0.3 is 0 Å². The molecule has 34 heavy (non-hydrogen) atoms. The van der Waals surface area contributed by atoms with Crippen LogP contribution in [0.25, 0.3) is 23.1 Å². The predicted octanol–water partition coefficient (Wildman–Crippen LogP) is 3.99. The smallest absolute Gasteiger partial charge is 0.253 e. The molecule has 0 spiro atoms. The molecule has 3 aromatic rings. The highest BCUT2D eigenvalue weighted by Gasteiger charge is 2.32. The van der Waals surface area contributed by atoms with Crippen LogP contribution in [0, 0.1) is 0 Å². The molecule has 180 valence electrons. The second-order valence-corrected chi connectivity index (χ2v) is 9.29. The van der Waals surface area contributed by atoms with Gasteiger partial charge in [0.2, 0.25) is 5.91 Å². The van der Waals surface area contributed by atoms with E-state index in [1.807, 2.05) is 67.6 Å². The van der Waals surface area contributed by atoms with Crippen molar-refractivity contribution in [1.82, 2.24) is 20.0 Å². The number of hydrogen-bond acceptors (Lipinski definition) is 4. The van der Waals surface area contributed by atoms with E-state index in [9.17, 15) is 14.7 Å². The van der Waals surface area contributed by atoms with Gasteiger partial charge < -0.3 is 14.9 Å². The van der Waals surface area contributed by atoms with Crippen LogP contribution < -0.4 is 0 Å². The molecule has 8 heteroatoms. The van der Waals surface area contributed by atoms with Crippen molar-refractivity contribution < 1.29 is 14.7 Å². The van der Waals surface area contributed by atoms with Crippen LogP contribution in [0.2, 0.25) is 0 Å². The molecular weight excluding hydrogens is 452 g/mol. The molecule has 1 atom stereocenters. The van der Waals surface area contributed by atoms with Crippen molar-refractivity contribution in [3.05, 3.63) is 65.4 Å². The molecule has 2 N–H and O–H groups in total. The Hall–Kier alpha value is -3.16. The largest absolute Gasteiger partial charge is 0.390 e. The molecule has 2 amide bonds. The van der Waals surface area contributed by atoms with Gasteiger partial charge in [0, 0.05) is 36.6 Å². The van der Waals surface area contributed by atoms with Crippen molar-refractivity contribution >= 4 is 47.3 Å². The van der Waals surface area contributed by atoms with Crippen molar-refractivity contribution in [2.24, 2.45) is 0 Å². The van der Waals surface area contributed by atoms with Crippen LogP contribution >= 0.6 is 12.4 Å². The van der Waals surface area contributed by atoms with Crippen LogP contribution in [-0.4, -0.2) is 68.2 Å². The van der Waals surface area contributed by atoms with Crippen molar-refractivity contribution in [2.75, 3.05) is 19.6 Å². The molecule has 1 aliphatic rings. The zero-order valence-corrected chi connectivity index (χ0v) is 20.5. The van der Waals surface area contributed by atoms with Gasteiger partial charge in [-0.2, -0.15) is 5.10 Å². The summed E-state index contributed by atoms with van der Waals surface area (Å²) in [5.74, 6) is -0.117. The number of aromatic amines is 1. The highest BCUT2D eigenvalue weighted by molar-refractivity contribution is 5.95. The molecule has 0 aliphatic carbocycles. The topological polar surface area (TPSA) is 89.5 Å². The molecule has 1 fully saturated rings. The maximum absolute atomic E-state index is 13.0. The third-order valence-electron chi connectivity index (χ3n) is 5.91. The van der Waals surface area contributed by atoms with E-state index in [4.69, 9.17) is 0 Å². The summed E-state index contributed by atoms with van der Waals surface area (Å²) in [6, 6.07) is 15.4. The highest BCUT2D eigenvalue weighted by Crippen LogP contribution is 2.20. The number of nitrogens with zero attached hydrogens (tertiary/aromatic N) is 3. The number of benzene rings is 2. The summed E-state index contributed by atoms with van der Waals surface area (Å²) >= 11 is 0. The summed E-state index contributed by atoms with van der Waals surface area (Å²) in [5, 5.41) is 18.4. The van der Waals surface area contributed by atoms with E-state index in [0.29, 0.717) is 25.2 Å². The molecule has 0 unspecified atom stereocenters. The number of H-pyrrole nitrogens is 1. The number of carbonyl (C=O) groups is 2. The molecule has 1 aromatic heterocycles. The number of carbonyl (C=O) groups excluding carboxylic acids is 2. The standard InChI is InChI=1S/C26H30N4O3.ClH/c1-18-17-29(14-15-30(18)24(31)16-26(2,3)33)25(32)20-11-8-19(9-12-20)10-13-23-21-6-4-5-7-22(21)27-28-23;/h4-13,18,33H,14-17H2,1-3H3,(H,27,28);1H/b13-10+;/t18-;/m0./s1. The first kappa shape index (κ1) is 25.5. The van der Waals surface area contributed by atoms with Crippen LogP contribution in [0.1, 0.15) is 48.8 Å². The summed E-state index contributed by atoms with van der Waals surface area (Å²) in [6.45, 7) is 6.63. The highest BCUT2D eigenvalue weighted by atomic mass is 35.5. The molecule has 2 aromatic carbocycles. The maximum Gasteiger partial charge on any atom is 0.253 e. The minimum atomic E-state index is -1.04. The third kappa shape index (κ3) is 5.85. The Morgan fingerprint density at radius 1 is 1.12 bits per heavy atom. The van der Waals surface area contributed by atoms with E-state index in [2.05, 4.69) is 10.2 Å². The normalized spacial score (nSPS) is 16.6. The zero-order chi connectivity index (χ0) is 23.6. The average molecular weight is 483 g/mol. The molecule has 0 radical (unpaired) electrons. The van der Waals surface area contributed by atoms with Gasteiger partial charge in [-0.1, -0.05) is 36.4 Å². The minimum absolute atomic E-state index is 0. The number of aromatic nitrogens is 2. The van der Waals surface area contributed by atoms with Crippen molar-refractivity contribution in [2.45, 2.75) is 38.8 Å². The number of halogens is 1. The Morgan fingerprint density at radius 2 is 1.82 bits per heavy atom. The van der Waals surface area contributed by atoms with E-state index >= 15 is 0 Å². The van der Waals surface area contributed by atoms with Gasteiger partial charge in [-0.25, -0.2) is 0 Å². The van der Waals surface area contributed by atoms with Gasteiger partial charge in [0.15, 0.2) is 0 Å². The Morgan fingerprint density at radius 3 is 2.50 bits per heavy atom. The first-order valence-corrected chi connectivity index (χ1v) is 11.2. The number of nitrogens with one attached hydrogen (secondary N) is 1. The number of aliphatic hydroxyl groups is 1. The van der Waals surface area contributed by atoms with Crippen LogP contribution in [0.4, 0.5) is 0 Å². The Balaban J connectivity index is 0.00000324. The lowest BCUT2D eigenvalue weighted by molar-refractivity contribution is -0.139. The number of fused-ring (bicyclic) bond motifs is 1. The average Bonchev–Trinajstić information content (AvgIpc) is 3.19. The number of rotatable bonds is 5. The molecule has 0 bridgehead atoms. The Kier molecular flexibility index (Phi) is 7.79. The van der Waals surface area contributed by atoms with Crippen molar-refractivity contribution in [3.8, 4) is 0 Å². The summed E-state index contributed by atoms with van der Waals surface area (Å²) < 4.78 is 0. The summed E-state index contributed by atoms with van der Waals surface area (Å²) in [7, 11) is 0. The number of amides is 2. The van der Waals surface area contributed by atoms with Gasteiger partial charge in [0.1, 0.15) is 0 Å². The lowest BCUT2D eigenvalue weighted by Gasteiger charge is -2.40. The fourth-order valence-electron chi connectivity index (χ4n) is 4.19. The fourth-order valence-corrected chi connectivity index (χ4v) is 4.19. The molecule has 7 nitrogen and oxygen atoms in total. The van der Waals surface area contributed by atoms with Crippen LogP contribution in [0.3, 0.4) is 0 Å². The molecule has 4 rings (SSSR count). The molecule has 1 saturated heterocycles. The second-order valence-electron chi connectivity index (χ2n) is 9.29. The fraction of sp³-hybridized carbons (Fsp3) is 0.346. The van der Waals surface area contributed by atoms with Gasteiger partial charge in [0.05, 0.1) is 23.2 Å². The lowest BCUT2D eigenvalue weighted by atomic mass is 10.0. The Labute approximate surface area is 205 Å². The molecule has 2 heterocycles. The first-order chi connectivity index (χ1) is 15.7. The lowest BCUT2D eigenvalue weighted by Crippen LogP contribution is -2.56. The second kappa shape index (κ2) is 10.4. The molecular formula is C26H31ClN4O3. The summed E-state index contributed by atoms with van der Waals surface area (Å²) in [6.07, 6.45) is 4.02. The minimum Gasteiger partial charge on any atom is -0.390 e. The number of para-hydroxylation sites is 1. The molecule has 1 aliphatic heterocycles. The van der Waals surface area contributed by atoms with E-state index in [1.54, 1.807) is 23.6 Å². The summed E-state index contributed by atoms with van der Waals surface area (Å²) in [5.41, 5.74) is 2.44. The van der Waals surface area contributed by atoms with E-state index < -0.39 is 5.60 Å². The van der Waals surface area contributed by atoms with Gasteiger partial charge in [0.25, 0.3) is 5.91 Å². The molecule has 0 saturated carbocycles. The van der Waals surface area contributed by atoms with Crippen LogP contribution in [-0.2, 0) is 4.79 Å².